The van der Waals surface area contributed by atoms with Crippen LogP contribution in [0.1, 0.15) is 13.3 Å². The Labute approximate surface area is 105 Å². The van der Waals surface area contributed by atoms with Crippen molar-refractivity contribution in [1.82, 2.24) is 4.72 Å². The third-order valence-corrected chi connectivity index (χ3v) is 3.52. The molecule has 0 atom stereocenters. The molecule has 5 nitrogen and oxygen atoms in total. The van der Waals surface area contributed by atoms with Crippen LogP contribution in [0, 0.1) is 0 Å². The summed E-state index contributed by atoms with van der Waals surface area (Å²) in [5.41, 5.74) is 0.471. The number of carbonyl (C=O) groups excluding carboxylic acids is 1. The molecule has 0 bridgehead atoms. The van der Waals surface area contributed by atoms with Crippen molar-refractivity contribution in [3.05, 3.63) is 29.3 Å². The van der Waals surface area contributed by atoms with Gasteiger partial charge < -0.3 is 5.32 Å². The van der Waals surface area contributed by atoms with Crippen molar-refractivity contribution < 1.29 is 13.2 Å². The molecule has 2 N–H and O–H groups in total. The number of anilines is 1. The first-order chi connectivity index (χ1) is 7.93. The largest absolute Gasteiger partial charge is 0.332 e. The lowest BCUT2D eigenvalue weighted by Gasteiger charge is -2.07. The van der Waals surface area contributed by atoms with Gasteiger partial charge in [0, 0.05) is 10.7 Å². The lowest BCUT2D eigenvalue weighted by atomic mass is 10.3. The number of hydrogen-bond donors (Lipinski definition) is 2. The van der Waals surface area contributed by atoms with Crippen LogP contribution in [0.25, 0.3) is 0 Å². The Kier molecular flexibility index (Phi) is 4.77. The molecule has 0 aliphatic heterocycles. The van der Waals surface area contributed by atoms with Crippen LogP contribution in [0.3, 0.4) is 0 Å². The van der Waals surface area contributed by atoms with Crippen LogP contribution in [-0.2, 0) is 10.0 Å². The quantitative estimate of drug-likeness (QED) is 0.885. The molecule has 2 amide bonds. The fourth-order valence-electron chi connectivity index (χ4n) is 1.15. The second-order valence-corrected chi connectivity index (χ2v) is 5.66. The molecule has 0 aliphatic rings. The van der Waals surface area contributed by atoms with Gasteiger partial charge in [-0.3, -0.25) is 0 Å². The lowest BCUT2D eigenvalue weighted by molar-refractivity contribution is 0.256. The average Bonchev–Trinajstić information content (AvgIpc) is 2.20. The van der Waals surface area contributed by atoms with E-state index in [4.69, 9.17) is 11.6 Å². The van der Waals surface area contributed by atoms with Gasteiger partial charge in [-0.15, -0.1) is 0 Å². The Balaban J connectivity index is 2.59. The molecule has 0 aliphatic carbocycles. The predicted molar refractivity (Wildman–Crippen MR) is 67.7 cm³/mol. The third-order valence-electron chi connectivity index (χ3n) is 1.82. The van der Waals surface area contributed by atoms with Crippen LogP contribution in [0.15, 0.2) is 24.3 Å². The number of sulfonamides is 1. The Hall–Kier alpha value is -1.27. The summed E-state index contributed by atoms with van der Waals surface area (Å²) in [6.45, 7) is 1.72. The van der Waals surface area contributed by atoms with Crippen molar-refractivity contribution >= 4 is 33.3 Å². The van der Waals surface area contributed by atoms with E-state index in [1.165, 1.54) is 0 Å². The second-order valence-electron chi connectivity index (χ2n) is 3.38. The van der Waals surface area contributed by atoms with Crippen LogP contribution in [0.2, 0.25) is 5.02 Å². The minimum Gasteiger partial charge on any atom is -0.307 e. The monoisotopic (exact) mass is 276 g/mol. The molecule has 1 aromatic rings. The van der Waals surface area contributed by atoms with E-state index in [9.17, 15) is 13.2 Å². The molecule has 17 heavy (non-hydrogen) atoms. The number of halogens is 1. The van der Waals surface area contributed by atoms with E-state index >= 15 is 0 Å². The molecule has 0 saturated heterocycles. The number of hydrogen-bond acceptors (Lipinski definition) is 3. The number of rotatable bonds is 4. The molecule has 0 fully saturated rings. The van der Waals surface area contributed by atoms with Gasteiger partial charge in [0.05, 0.1) is 5.75 Å². The zero-order valence-electron chi connectivity index (χ0n) is 9.23. The van der Waals surface area contributed by atoms with Crippen molar-refractivity contribution in [3.63, 3.8) is 0 Å². The maximum Gasteiger partial charge on any atom is 0.332 e. The van der Waals surface area contributed by atoms with Crippen molar-refractivity contribution in [1.29, 1.82) is 0 Å². The van der Waals surface area contributed by atoms with Crippen LogP contribution in [0.5, 0.6) is 0 Å². The fourth-order valence-corrected chi connectivity index (χ4v) is 2.25. The minimum atomic E-state index is -3.55. The lowest BCUT2D eigenvalue weighted by Crippen LogP contribution is -2.35. The Morgan fingerprint density at radius 1 is 1.29 bits per heavy atom. The van der Waals surface area contributed by atoms with E-state index in [1.807, 2.05) is 4.72 Å². The summed E-state index contributed by atoms with van der Waals surface area (Å²) in [7, 11) is -3.55. The van der Waals surface area contributed by atoms with E-state index in [-0.39, 0.29) is 5.75 Å². The zero-order valence-corrected chi connectivity index (χ0v) is 10.8. The first-order valence-electron chi connectivity index (χ1n) is 5.00. The van der Waals surface area contributed by atoms with Crippen molar-refractivity contribution in [2.45, 2.75) is 13.3 Å². The molecule has 0 heterocycles. The second kappa shape index (κ2) is 5.88. The smallest absolute Gasteiger partial charge is 0.307 e. The van der Waals surface area contributed by atoms with E-state index < -0.39 is 16.1 Å². The zero-order chi connectivity index (χ0) is 12.9. The van der Waals surface area contributed by atoms with Crippen LogP contribution in [0.4, 0.5) is 10.5 Å². The number of amides is 2. The van der Waals surface area contributed by atoms with E-state index in [2.05, 4.69) is 5.32 Å². The number of urea groups is 1. The first kappa shape index (κ1) is 13.8. The normalized spacial score (nSPS) is 10.9. The molecule has 1 rings (SSSR count). The molecule has 0 spiro atoms. The van der Waals surface area contributed by atoms with Gasteiger partial charge >= 0.3 is 6.03 Å². The molecule has 0 saturated carbocycles. The van der Waals surface area contributed by atoms with Gasteiger partial charge in [0.1, 0.15) is 0 Å². The molecular weight excluding hydrogens is 264 g/mol. The fraction of sp³-hybridized carbons (Fsp3) is 0.300. The van der Waals surface area contributed by atoms with E-state index in [0.29, 0.717) is 17.1 Å². The number of nitrogens with one attached hydrogen (secondary N) is 2. The maximum atomic E-state index is 11.4. The highest BCUT2D eigenvalue weighted by Gasteiger charge is 2.12. The first-order valence-corrected chi connectivity index (χ1v) is 7.03. The van der Waals surface area contributed by atoms with Gasteiger partial charge in [0.15, 0.2) is 0 Å². The summed E-state index contributed by atoms with van der Waals surface area (Å²) < 4.78 is 24.5. The standard InChI is InChI=1S/C10H13ClN2O3S/c1-2-7-17(15,16)13-10(14)12-9-5-3-8(11)4-6-9/h3-6H,2,7H2,1H3,(H2,12,13,14). The average molecular weight is 277 g/mol. The molecule has 0 aromatic heterocycles. The van der Waals surface area contributed by atoms with Gasteiger partial charge in [-0.1, -0.05) is 18.5 Å². The maximum absolute atomic E-state index is 11.4. The van der Waals surface area contributed by atoms with Crippen LogP contribution < -0.4 is 10.0 Å². The van der Waals surface area contributed by atoms with Crippen molar-refractivity contribution in [2.75, 3.05) is 11.1 Å². The van der Waals surface area contributed by atoms with Gasteiger partial charge in [0.2, 0.25) is 10.0 Å². The Morgan fingerprint density at radius 3 is 2.41 bits per heavy atom. The highest BCUT2D eigenvalue weighted by atomic mass is 35.5. The molecular formula is C10H13ClN2O3S. The molecule has 7 heteroatoms. The summed E-state index contributed by atoms with van der Waals surface area (Å²) in [5, 5.41) is 2.93. The summed E-state index contributed by atoms with van der Waals surface area (Å²) in [5.74, 6) is -0.0823. The summed E-state index contributed by atoms with van der Waals surface area (Å²) >= 11 is 5.67. The molecule has 0 unspecified atom stereocenters. The molecule has 0 radical (unpaired) electrons. The Morgan fingerprint density at radius 2 is 1.88 bits per heavy atom. The topological polar surface area (TPSA) is 75.3 Å². The minimum absolute atomic E-state index is 0.0823. The van der Waals surface area contributed by atoms with Gasteiger partial charge in [0.25, 0.3) is 0 Å². The van der Waals surface area contributed by atoms with Gasteiger partial charge in [-0.25, -0.2) is 17.9 Å². The van der Waals surface area contributed by atoms with Crippen molar-refractivity contribution in [2.24, 2.45) is 0 Å². The van der Waals surface area contributed by atoms with Gasteiger partial charge in [-0.2, -0.15) is 0 Å². The van der Waals surface area contributed by atoms with E-state index in [1.54, 1.807) is 31.2 Å². The third kappa shape index (κ3) is 5.06. The Bertz CT molecular complexity index is 485. The summed E-state index contributed by atoms with van der Waals surface area (Å²) in [4.78, 5) is 11.4. The van der Waals surface area contributed by atoms with Gasteiger partial charge in [-0.05, 0) is 30.7 Å². The summed E-state index contributed by atoms with van der Waals surface area (Å²) in [6.07, 6.45) is 0.448. The number of benzene rings is 1. The molecule has 94 valence electrons. The van der Waals surface area contributed by atoms with Crippen molar-refractivity contribution in [3.8, 4) is 0 Å². The van der Waals surface area contributed by atoms with E-state index in [0.717, 1.165) is 0 Å². The van der Waals surface area contributed by atoms with Crippen LogP contribution >= 0.6 is 11.6 Å². The number of carbonyl (C=O) groups is 1. The highest BCUT2D eigenvalue weighted by molar-refractivity contribution is 7.90. The predicted octanol–water partition coefficient (Wildman–Crippen LogP) is 2.20. The molecule has 1 aromatic carbocycles. The summed E-state index contributed by atoms with van der Waals surface area (Å²) in [6, 6.07) is 5.57. The SMILES string of the molecule is CCCS(=O)(=O)NC(=O)Nc1ccc(Cl)cc1. The van der Waals surface area contributed by atoms with Crippen LogP contribution in [-0.4, -0.2) is 20.2 Å². The highest BCUT2D eigenvalue weighted by Crippen LogP contribution is 2.13.